The van der Waals surface area contributed by atoms with Crippen molar-refractivity contribution >= 4 is 34.0 Å². The number of methoxy groups -OCH3 is 1. The van der Waals surface area contributed by atoms with Crippen LogP contribution in [0, 0.1) is 22.7 Å². The van der Waals surface area contributed by atoms with Crippen LogP contribution < -0.4 is 14.8 Å². The van der Waals surface area contributed by atoms with Crippen LogP contribution in [0.1, 0.15) is 49.0 Å². The highest BCUT2D eigenvalue weighted by Crippen LogP contribution is 2.44. The molecular formula is C26H31N5O3S2. The van der Waals surface area contributed by atoms with Crippen LogP contribution >= 0.6 is 23.1 Å². The fraction of sp³-hybridized carbons (Fsp3) is 0.462. The van der Waals surface area contributed by atoms with Gasteiger partial charge in [0.2, 0.25) is 5.91 Å². The van der Waals surface area contributed by atoms with Gasteiger partial charge in [-0.1, -0.05) is 44.7 Å². The molecule has 0 bridgehead atoms. The molecule has 0 saturated heterocycles. The molecular weight excluding hydrogens is 494 g/mol. The van der Waals surface area contributed by atoms with E-state index >= 15 is 0 Å². The van der Waals surface area contributed by atoms with E-state index in [9.17, 15) is 10.1 Å². The van der Waals surface area contributed by atoms with Crippen molar-refractivity contribution in [2.45, 2.75) is 51.8 Å². The van der Waals surface area contributed by atoms with E-state index in [1.807, 2.05) is 35.9 Å². The fourth-order valence-corrected chi connectivity index (χ4v) is 6.33. The maximum Gasteiger partial charge on any atom is 0.235 e. The Morgan fingerprint density at radius 3 is 2.75 bits per heavy atom. The molecule has 1 aliphatic carbocycles. The lowest BCUT2D eigenvalue weighted by atomic mass is 9.72. The van der Waals surface area contributed by atoms with Crippen LogP contribution in [0.2, 0.25) is 0 Å². The first-order chi connectivity index (χ1) is 17.2. The predicted octanol–water partition coefficient (Wildman–Crippen LogP) is 5.22. The van der Waals surface area contributed by atoms with E-state index in [1.54, 1.807) is 18.4 Å². The Hall–Kier alpha value is -3.03. The van der Waals surface area contributed by atoms with Gasteiger partial charge in [-0.05, 0) is 48.3 Å². The summed E-state index contributed by atoms with van der Waals surface area (Å²) in [6.07, 6.45) is 2.92. The predicted molar refractivity (Wildman–Crippen MR) is 142 cm³/mol. The van der Waals surface area contributed by atoms with Crippen LogP contribution in [0.5, 0.6) is 11.5 Å². The zero-order valence-corrected chi connectivity index (χ0v) is 22.9. The average molecular weight is 526 g/mol. The zero-order valence-electron chi connectivity index (χ0n) is 21.3. The molecule has 0 fully saturated rings. The number of carbonyl (C=O) groups excluding carboxylic acids is 1. The van der Waals surface area contributed by atoms with E-state index in [4.69, 9.17) is 9.47 Å². The third kappa shape index (κ3) is 5.68. The summed E-state index contributed by atoms with van der Waals surface area (Å²) in [5, 5.41) is 22.4. The van der Waals surface area contributed by atoms with Gasteiger partial charge in [0, 0.05) is 11.9 Å². The number of nitrogens with zero attached hydrogens (tertiary/aromatic N) is 4. The van der Waals surface area contributed by atoms with Gasteiger partial charge < -0.3 is 19.4 Å². The number of ether oxygens (including phenoxy) is 2. The minimum atomic E-state index is -0.169. The van der Waals surface area contributed by atoms with E-state index in [2.05, 4.69) is 42.4 Å². The van der Waals surface area contributed by atoms with Crippen molar-refractivity contribution in [3.8, 4) is 17.6 Å². The Morgan fingerprint density at radius 1 is 1.31 bits per heavy atom. The van der Waals surface area contributed by atoms with Gasteiger partial charge in [-0.15, -0.1) is 21.5 Å². The number of carbonyl (C=O) groups is 1. The van der Waals surface area contributed by atoms with Gasteiger partial charge in [-0.3, -0.25) is 4.79 Å². The van der Waals surface area contributed by atoms with Crippen molar-refractivity contribution in [1.29, 1.82) is 5.26 Å². The number of amides is 1. The maximum absolute atomic E-state index is 12.8. The molecule has 3 aromatic rings. The second-order valence-corrected chi connectivity index (χ2v) is 11.9. The standard InChI is InChI=1S/C26H31N5O3S2/c1-26(2,3)16-10-11-17-18(13-27)24(36-21(17)12-16)28-23(32)15-35-25-30-29-22(31(25)4)14-34-20-9-7-6-8-19(20)33-5/h6-9,16H,10-12,14-15H2,1-5H3,(H,28,32)/t16-/m1/s1. The molecule has 2 aromatic heterocycles. The number of thioether (sulfide) groups is 1. The lowest BCUT2D eigenvalue weighted by Gasteiger charge is -2.33. The van der Waals surface area contributed by atoms with E-state index < -0.39 is 0 Å². The quantitative estimate of drug-likeness (QED) is 0.402. The number of benzene rings is 1. The first-order valence-electron chi connectivity index (χ1n) is 11.8. The number of thiophene rings is 1. The normalized spacial score (nSPS) is 15.2. The molecule has 1 aliphatic rings. The van der Waals surface area contributed by atoms with Gasteiger partial charge in [0.15, 0.2) is 22.5 Å². The summed E-state index contributed by atoms with van der Waals surface area (Å²) in [5.74, 6) is 2.47. The average Bonchev–Trinajstić information content (AvgIpc) is 3.39. The Morgan fingerprint density at radius 2 is 2.06 bits per heavy atom. The molecule has 0 spiro atoms. The van der Waals surface area contributed by atoms with Gasteiger partial charge in [-0.25, -0.2) is 0 Å². The Bertz CT molecular complexity index is 1290. The van der Waals surface area contributed by atoms with Gasteiger partial charge in [0.05, 0.1) is 18.4 Å². The number of hydrogen-bond donors (Lipinski definition) is 1. The zero-order chi connectivity index (χ0) is 25.9. The molecule has 8 nitrogen and oxygen atoms in total. The van der Waals surface area contributed by atoms with Gasteiger partial charge >= 0.3 is 0 Å². The second kappa shape index (κ2) is 10.9. The molecule has 1 aromatic carbocycles. The molecule has 1 N–H and O–H groups in total. The van der Waals surface area contributed by atoms with Crippen LogP contribution in [0.25, 0.3) is 0 Å². The molecule has 4 rings (SSSR count). The molecule has 190 valence electrons. The Kier molecular flexibility index (Phi) is 7.91. The number of anilines is 1. The minimum Gasteiger partial charge on any atom is -0.493 e. The third-order valence-electron chi connectivity index (χ3n) is 6.54. The second-order valence-electron chi connectivity index (χ2n) is 9.86. The third-order valence-corrected chi connectivity index (χ3v) is 8.73. The van der Waals surface area contributed by atoms with Crippen molar-refractivity contribution < 1.29 is 14.3 Å². The molecule has 36 heavy (non-hydrogen) atoms. The number of rotatable bonds is 8. The summed E-state index contributed by atoms with van der Waals surface area (Å²) in [6.45, 7) is 7.02. The highest BCUT2D eigenvalue weighted by atomic mass is 32.2. The molecule has 0 aliphatic heterocycles. The lowest BCUT2D eigenvalue weighted by Crippen LogP contribution is -2.26. The number of hydrogen-bond acceptors (Lipinski definition) is 8. The highest BCUT2D eigenvalue weighted by molar-refractivity contribution is 7.99. The number of aromatic nitrogens is 3. The Labute approximate surface area is 220 Å². The Balaban J connectivity index is 1.36. The van der Waals surface area contributed by atoms with Crippen molar-refractivity contribution in [2.75, 3.05) is 18.2 Å². The van der Waals surface area contributed by atoms with Crippen molar-refractivity contribution in [2.24, 2.45) is 18.4 Å². The summed E-state index contributed by atoms with van der Waals surface area (Å²) < 4.78 is 13.0. The largest absolute Gasteiger partial charge is 0.493 e. The summed E-state index contributed by atoms with van der Waals surface area (Å²) in [5.41, 5.74) is 1.95. The van der Waals surface area contributed by atoms with E-state index in [0.717, 1.165) is 24.8 Å². The summed E-state index contributed by atoms with van der Waals surface area (Å²) >= 11 is 2.84. The van der Waals surface area contributed by atoms with Gasteiger partial charge in [0.1, 0.15) is 17.7 Å². The van der Waals surface area contributed by atoms with Crippen LogP contribution in [0.3, 0.4) is 0 Å². The van der Waals surface area contributed by atoms with Crippen molar-refractivity contribution in [3.63, 3.8) is 0 Å². The lowest BCUT2D eigenvalue weighted by molar-refractivity contribution is -0.113. The molecule has 0 unspecified atom stereocenters. The molecule has 0 radical (unpaired) electrons. The van der Waals surface area contributed by atoms with E-state index in [0.29, 0.717) is 39.0 Å². The first-order valence-corrected chi connectivity index (χ1v) is 13.6. The summed E-state index contributed by atoms with van der Waals surface area (Å²) in [4.78, 5) is 14.0. The monoisotopic (exact) mass is 525 g/mol. The molecule has 10 heteroatoms. The summed E-state index contributed by atoms with van der Waals surface area (Å²) in [6, 6.07) is 9.73. The molecule has 1 atom stereocenters. The van der Waals surface area contributed by atoms with Crippen molar-refractivity contribution in [1.82, 2.24) is 14.8 Å². The van der Waals surface area contributed by atoms with E-state index in [-0.39, 0.29) is 23.7 Å². The van der Waals surface area contributed by atoms with Gasteiger partial charge in [0.25, 0.3) is 0 Å². The SMILES string of the molecule is COc1ccccc1OCc1nnc(SCC(=O)Nc2sc3c(c2C#N)CC[C@@H](C(C)(C)C)C3)n1C. The van der Waals surface area contributed by atoms with Crippen molar-refractivity contribution in [3.05, 3.63) is 46.1 Å². The number of para-hydroxylation sites is 2. The minimum absolute atomic E-state index is 0.164. The van der Waals surface area contributed by atoms with Crippen LogP contribution in [0.15, 0.2) is 29.4 Å². The molecule has 1 amide bonds. The van der Waals surface area contributed by atoms with Crippen LogP contribution in [-0.4, -0.2) is 33.5 Å². The van der Waals surface area contributed by atoms with Crippen LogP contribution in [0.4, 0.5) is 5.00 Å². The maximum atomic E-state index is 12.8. The molecule has 2 heterocycles. The smallest absolute Gasteiger partial charge is 0.235 e. The number of fused-ring (bicyclic) bond motifs is 1. The fourth-order valence-electron chi connectivity index (χ4n) is 4.30. The van der Waals surface area contributed by atoms with Crippen LogP contribution in [-0.2, 0) is 31.3 Å². The molecule has 0 saturated carbocycles. The number of nitriles is 1. The number of nitrogens with one attached hydrogen (secondary N) is 1. The van der Waals surface area contributed by atoms with E-state index in [1.165, 1.54) is 16.6 Å². The van der Waals surface area contributed by atoms with Gasteiger partial charge in [-0.2, -0.15) is 5.26 Å². The topological polar surface area (TPSA) is 102 Å². The highest BCUT2D eigenvalue weighted by Gasteiger charge is 2.32. The summed E-state index contributed by atoms with van der Waals surface area (Å²) in [7, 11) is 3.44. The first kappa shape index (κ1) is 26.0.